The molecule has 0 atom stereocenters. The summed E-state index contributed by atoms with van der Waals surface area (Å²) < 4.78 is 5.22. The molecule has 2 heterocycles. The SMILES string of the molecule is CN(C)c1noc(-c2ccc3cc[nH]c3c2)n1. The summed E-state index contributed by atoms with van der Waals surface area (Å²) in [7, 11) is 3.76. The topological polar surface area (TPSA) is 58.0 Å². The molecule has 1 aromatic carbocycles. The highest BCUT2D eigenvalue weighted by Crippen LogP contribution is 2.23. The summed E-state index contributed by atoms with van der Waals surface area (Å²) in [5.74, 6) is 1.11. The lowest BCUT2D eigenvalue weighted by atomic mass is 10.1. The highest BCUT2D eigenvalue weighted by atomic mass is 16.5. The van der Waals surface area contributed by atoms with Gasteiger partial charge in [0.25, 0.3) is 11.8 Å². The first-order chi connectivity index (χ1) is 8.24. The lowest BCUT2D eigenvalue weighted by molar-refractivity contribution is 0.431. The van der Waals surface area contributed by atoms with Crippen molar-refractivity contribution in [2.24, 2.45) is 0 Å². The van der Waals surface area contributed by atoms with Gasteiger partial charge in [-0.1, -0.05) is 6.07 Å². The van der Waals surface area contributed by atoms with Crippen molar-refractivity contribution in [1.82, 2.24) is 15.1 Å². The molecule has 86 valence electrons. The van der Waals surface area contributed by atoms with E-state index in [1.807, 2.05) is 44.6 Å². The van der Waals surface area contributed by atoms with Crippen molar-refractivity contribution in [2.75, 3.05) is 19.0 Å². The maximum Gasteiger partial charge on any atom is 0.265 e. The minimum absolute atomic E-state index is 0.533. The summed E-state index contributed by atoms with van der Waals surface area (Å²) in [6.07, 6.45) is 1.91. The van der Waals surface area contributed by atoms with Gasteiger partial charge in [0.2, 0.25) is 0 Å². The van der Waals surface area contributed by atoms with Crippen molar-refractivity contribution in [3.8, 4) is 11.5 Å². The number of hydrogen-bond acceptors (Lipinski definition) is 4. The Balaban J connectivity index is 2.06. The van der Waals surface area contributed by atoms with Gasteiger partial charge >= 0.3 is 0 Å². The van der Waals surface area contributed by atoms with Crippen molar-refractivity contribution >= 4 is 16.9 Å². The molecule has 0 bridgehead atoms. The van der Waals surface area contributed by atoms with Crippen LogP contribution in [-0.4, -0.2) is 29.2 Å². The molecule has 0 saturated carbocycles. The summed E-state index contributed by atoms with van der Waals surface area (Å²) in [6, 6.07) is 8.03. The zero-order valence-electron chi connectivity index (χ0n) is 9.64. The Morgan fingerprint density at radius 1 is 1.24 bits per heavy atom. The molecule has 2 aromatic heterocycles. The zero-order valence-corrected chi connectivity index (χ0v) is 9.64. The van der Waals surface area contributed by atoms with Crippen LogP contribution < -0.4 is 4.90 Å². The predicted molar refractivity (Wildman–Crippen MR) is 65.9 cm³/mol. The van der Waals surface area contributed by atoms with E-state index in [1.54, 1.807) is 4.90 Å². The van der Waals surface area contributed by atoms with E-state index in [9.17, 15) is 0 Å². The maximum atomic E-state index is 5.22. The van der Waals surface area contributed by atoms with Crippen LogP contribution in [0.1, 0.15) is 0 Å². The first-order valence-corrected chi connectivity index (χ1v) is 5.32. The Morgan fingerprint density at radius 2 is 2.12 bits per heavy atom. The van der Waals surface area contributed by atoms with Crippen LogP contribution in [0.25, 0.3) is 22.4 Å². The lowest BCUT2D eigenvalue weighted by Gasteiger charge is -2.02. The van der Waals surface area contributed by atoms with E-state index >= 15 is 0 Å². The van der Waals surface area contributed by atoms with E-state index in [4.69, 9.17) is 4.52 Å². The molecule has 0 fully saturated rings. The van der Waals surface area contributed by atoms with Crippen LogP contribution in [0, 0.1) is 0 Å². The second-order valence-electron chi connectivity index (χ2n) is 4.07. The summed E-state index contributed by atoms with van der Waals surface area (Å²) in [4.78, 5) is 9.27. The van der Waals surface area contributed by atoms with Crippen LogP contribution in [0.5, 0.6) is 0 Å². The molecule has 0 aliphatic rings. The highest BCUT2D eigenvalue weighted by Gasteiger charge is 2.10. The fraction of sp³-hybridized carbons (Fsp3) is 0.167. The summed E-state index contributed by atoms with van der Waals surface area (Å²) >= 11 is 0. The number of fused-ring (bicyclic) bond motifs is 1. The molecule has 0 amide bonds. The predicted octanol–water partition coefficient (Wildman–Crippen LogP) is 2.28. The van der Waals surface area contributed by atoms with Crippen LogP contribution in [0.4, 0.5) is 5.95 Å². The summed E-state index contributed by atoms with van der Waals surface area (Å²) in [5.41, 5.74) is 1.98. The number of nitrogens with zero attached hydrogens (tertiary/aromatic N) is 3. The normalized spacial score (nSPS) is 10.9. The van der Waals surface area contributed by atoms with Gasteiger partial charge < -0.3 is 14.4 Å². The number of H-pyrrole nitrogens is 1. The Hall–Kier alpha value is -2.30. The Labute approximate surface area is 98.1 Å². The van der Waals surface area contributed by atoms with Crippen molar-refractivity contribution in [2.45, 2.75) is 0 Å². The number of anilines is 1. The fourth-order valence-corrected chi connectivity index (χ4v) is 1.70. The van der Waals surface area contributed by atoms with Crippen LogP contribution in [0.3, 0.4) is 0 Å². The van der Waals surface area contributed by atoms with Gasteiger partial charge in [0.15, 0.2) is 0 Å². The summed E-state index contributed by atoms with van der Waals surface area (Å²) in [6.45, 7) is 0. The van der Waals surface area contributed by atoms with E-state index < -0.39 is 0 Å². The van der Waals surface area contributed by atoms with Crippen molar-refractivity contribution in [1.29, 1.82) is 0 Å². The molecule has 0 saturated heterocycles. The molecular weight excluding hydrogens is 216 g/mol. The Bertz CT molecular complexity index is 653. The molecule has 1 N–H and O–H groups in total. The van der Waals surface area contributed by atoms with E-state index in [0.717, 1.165) is 11.1 Å². The van der Waals surface area contributed by atoms with Gasteiger partial charge in [0.1, 0.15) is 0 Å². The van der Waals surface area contributed by atoms with Gasteiger partial charge in [-0.05, 0) is 28.7 Å². The van der Waals surface area contributed by atoms with E-state index in [-0.39, 0.29) is 0 Å². The second kappa shape index (κ2) is 3.62. The lowest BCUT2D eigenvalue weighted by Crippen LogP contribution is -2.09. The molecule has 0 spiro atoms. The standard InChI is InChI=1S/C12H12N4O/c1-16(2)12-14-11(17-15-12)9-4-3-8-5-6-13-10(8)7-9/h3-7,13H,1-2H3. The third-order valence-corrected chi connectivity index (χ3v) is 2.62. The Morgan fingerprint density at radius 3 is 2.88 bits per heavy atom. The fourth-order valence-electron chi connectivity index (χ4n) is 1.70. The van der Waals surface area contributed by atoms with Crippen molar-refractivity contribution in [3.05, 3.63) is 30.5 Å². The molecule has 3 aromatic rings. The Kier molecular flexibility index (Phi) is 2.11. The van der Waals surface area contributed by atoms with Crippen molar-refractivity contribution in [3.63, 3.8) is 0 Å². The molecule has 0 unspecified atom stereocenters. The molecule has 5 heteroatoms. The molecule has 5 nitrogen and oxygen atoms in total. The van der Waals surface area contributed by atoms with Crippen molar-refractivity contribution < 1.29 is 4.52 Å². The minimum Gasteiger partial charge on any atom is -0.361 e. The molecule has 3 rings (SSSR count). The summed E-state index contributed by atoms with van der Waals surface area (Å²) in [5, 5.41) is 5.06. The molecule has 0 aliphatic carbocycles. The first-order valence-electron chi connectivity index (χ1n) is 5.32. The average molecular weight is 228 g/mol. The molecular formula is C12H12N4O. The van der Waals surface area contributed by atoms with E-state index in [0.29, 0.717) is 11.8 Å². The maximum absolute atomic E-state index is 5.22. The third-order valence-electron chi connectivity index (χ3n) is 2.62. The van der Waals surface area contributed by atoms with Gasteiger partial charge in [0.05, 0.1) is 0 Å². The van der Waals surface area contributed by atoms with Crippen LogP contribution in [0.15, 0.2) is 35.0 Å². The smallest absolute Gasteiger partial charge is 0.265 e. The van der Waals surface area contributed by atoms with Gasteiger partial charge in [-0.2, -0.15) is 4.98 Å². The highest BCUT2D eigenvalue weighted by molar-refractivity contribution is 5.83. The van der Waals surface area contributed by atoms with Gasteiger partial charge in [-0.25, -0.2) is 0 Å². The van der Waals surface area contributed by atoms with Crippen LogP contribution in [0.2, 0.25) is 0 Å². The molecule has 17 heavy (non-hydrogen) atoms. The number of rotatable bonds is 2. The first kappa shape index (κ1) is 9.89. The molecule has 0 aliphatic heterocycles. The zero-order chi connectivity index (χ0) is 11.8. The van der Waals surface area contributed by atoms with Crippen LogP contribution in [-0.2, 0) is 0 Å². The number of hydrogen-bond donors (Lipinski definition) is 1. The quantitative estimate of drug-likeness (QED) is 0.731. The van der Waals surface area contributed by atoms with Gasteiger partial charge in [-0.15, -0.1) is 0 Å². The number of aromatic nitrogens is 3. The van der Waals surface area contributed by atoms with E-state index in [2.05, 4.69) is 15.1 Å². The number of nitrogens with one attached hydrogen (secondary N) is 1. The van der Waals surface area contributed by atoms with Gasteiger partial charge in [0, 0.05) is 31.4 Å². The minimum atomic E-state index is 0.533. The number of benzene rings is 1. The van der Waals surface area contributed by atoms with Gasteiger partial charge in [-0.3, -0.25) is 0 Å². The second-order valence-corrected chi connectivity index (χ2v) is 4.07. The molecule has 0 radical (unpaired) electrons. The number of aromatic amines is 1. The van der Waals surface area contributed by atoms with E-state index in [1.165, 1.54) is 5.39 Å². The monoisotopic (exact) mass is 228 g/mol. The largest absolute Gasteiger partial charge is 0.361 e. The average Bonchev–Trinajstić information content (AvgIpc) is 2.97. The van der Waals surface area contributed by atoms with Crippen LogP contribution >= 0.6 is 0 Å². The third kappa shape index (κ3) is 1.65.